The van der Waals surface area contributed by atoms with Crippen molar-refractivity contribution < 1.29 is 14.6 Å². The zero-order valence-corrected chi connectivity index (χ0v) is 11.8. The highest BCUT2D eigenvalue weighted by molar-refractivity contribution is 6.21. The molecule has 0 amide bonds. The van der Waals surface area contributed by atoms with E-state index in [9.17, 15) is 10.2 Å². The molecule has 3 heteroatoms. The van der Waals surface area contributed by atoms with Crippen molar-refractivity contribution in [1.29, 1.82) is 0 Å². The summed E-state index contributed by atoms with van der Waals surface area (Å²) in [4.78, 5) is 0. The van der Waals surface area contributed by atoms with Gasteiger partial charge in [-0.05, 0) is 41.8 Å². The average molecular weight is 278 g/mol. The highest BCUT2D eigenvalue weighted by Gasteiger charge is 2.19. The summed E-state index contributed by atoms with van der Waals surface area (Å²) in [5, 5.41) is 24.8. The number of phenolic OH excluding ortho intramolecular Hbond substituents is 2. The first kappa shape index (κ1) is 12.1. The van der Waals surface area contributed by atoms with Crippen LogP contribution in [0.25, 0.3) is 32.5 Å². The maximum atomic E-state index is 10.5. The Bertz CT molecular complexity index is 1030. The minimum Gasteiger partial charge on any atom is -0.504 e. The van der Waals surface area contributed by atoms with Crippen LogP contribution >= 0.6 is 0 Å². The molecule has 1 aromatic heterocycles. The lowest BCUT2D eigenvalue weighted by Crippen LogP contribution is -1.84. The Hall–Kier alpha value is -2.68. The van der Waals surface area contributed by atoms with Crippen LogP contribution < -0.4 is 0 Å². The zero-order chi connectivity index (χ0) is 14.7. The fourth-order valence-electron chi connectivity index (χ4n) is 3.13. The summed E-state index contributed by atoms with van der Waals surface area (Å²) < 4.78 is 5.61. The van der Waals surface area contributed by atoms with Crippen molar-refractivity contribution in [2.24, 2.45) is 0 Å². The smallest absolute Gasteiger partial charge is 0.169 e. The Morgan fingerprint density at radius 1 is 0.762 bits per heavy atom. The number of benzene rings is 3. The standard InChI is InChI=1S/C18H14O3/c1-9-4-3-5-12-11(9)6-7-13-15(12)17(20)16(19)14-10(2)8-21-18(13)14/h3-8,19-20H,1-2H3. The number of aryl methyl sites for hydroxylation is 2. The minimum atomic E-state index is -0.113. The molecule has 0 aliphatic carbocycles. The number of hydrogen-bond donors (Lipinski definition) is 2. The van der Waals surface area contributed by atoms with Gasteiger partial charge in [0.2, 0.25) is 0 Å². The Morgan fingerprint density at radius 3 is 2.29 bits per heavy atom. The largest absolute Gasteiger partial charge is 0.504 e. The van der Waals surface area contributed by atoms with E-state index >= 15 is 0 Å². The fraction of sp³-hybridized carbons (Fsp3) is 0.111. The van der Waals surface area contributed by atoms with E-state index in [1.54, 1.807) is 6.26 Å². The second kappa shape index (κ2) is 3.92. The molecule has 0 unspecified atom stereocenters. The molecule has 1 heterocycles. The van der Waals surface area contributed by atoms with Crippen molar-refractivity contribution in [3.63, 3.8) is 0 Å². The molecule has 21 heavy (non-hydrogen) atoms. The molecule has 0 spiro atoms. The molecular weight excluding hydrogens is 264 g/mol. The Kier molecular flexibility index (Phi) is 2.25. The monoisotopic (exact) mass is 278 g/mol. The second-order valence-electron chi connectivity index (χ2n) is 5.48. The first-order valence-electron chi connectivity index (χ1n) is 6.83. The maximum absolute atomic E-state index is 10.5. The molecule has 0 aliphatic rings. The van der Waals surface area contributed by atoms with Crippen molar-refractivity contribution in [3.05, 3.63) is 47.7 Å². The van der Waals surface area contributed by atoms with E-state index in [-0.39, 0.29) is 11.5 Å². The molecule has 0 bridgehead atoms. The number of rotatable bonds is 0. The number of fused-ring (bicyclic) bond motifs is 5. The topological polar surface area (TPSA) is 53.6 Å². The molecule has 2 N–H and O–H groups in total. The molecule has 3 nitrogen and oxygen atoms in total. The summed E-state index contributed by atoms with van der Waals surface area (Å²) in [6, 6.07) is 9.90. The van der Waals surface area contributed by atoms with E-state index in [4.69, 9.17) is 4.42 Å². The van der Waals surface area contributed by atoms with Gasteiger partial charge in [-0.2, -0.15) is 0 Å². The minimum absolute atomic E-state index is 0.0850. The normalized spacial score (nSPS) is 11.7. The van der Waals surface area contributed by atoms with Crippen LogP contribution in [-0.2, 0) is 0 Å². The third kappa shape index (κ3) is 1.43. The lowest BCUT2D eigenvalue weighted by atomic mass is 9.96. The molecule has 0 saturated heterocycles. The van der Waals surface area contributed by atoms with Crippen LogP contribution in [0, 0.1) is 13.8 Å². The van der Waals surface area contributed by atoms with E-state index < -0.39 is 0 Å². The highest BCUT2D eigenvalue weighted by atomic mass is 16.3. The van der Waals surface area contributed by atoms with Gasteiger partial charge in [0.1, 0.15) is 5.58 Å². The molecule has 4 aromatic rings. The number of hydrogen-bond acceptors (Lipinski definition) is 3. The summed E-state index contributed by atoms with van der Waals surface area (Å²) in [6.07, 6.45) is 1.60. The predicted molar refractivity (Wildman–Crippen MR) is 84.0 cm³/mol. The highest BCUT2D eigenvalue weighted by Crippen LogP contribution is 2.46. The average Bonchev–Trinajstić information content (AvgIpc) is 2.86. The van der Waals surface area contributed by atoms with E-state index in [0.29, 0.717) is 16.4 Å². The first-order chi connectivity index (χ1) is 10.1. The number of phenols is 2. The summed E-state index contributed by atoms with van der Waals surface area (Å²) in [7, 11) is 0. The second-order valence-corrected chi connectivity index (χ2v) is 5.48. The van der Waals surface area contributed by atoms with Gasteiger partial charge in [-0.3, -0.25) is 0 Å². The third-order valence-electron chi connectivity index (χ3n) is 4.20. The van der Waals surface area contributed by atoms with Crippen LogP contribution in [0.3, 0.4) is 0 Å². The number of aromatic hydroxyl groups is 2. The number of furan rings is 1. The first-order valence-corrected chi connectivity index (χ1v) is 6.83. The molecule has 0 aliphatic heterocycles. The summed E-state index contributed by atoms with van der Waals surface area (Å²) in [5.74, 6) is -0.198. The van der Waals surface area contributed by atoms with Crippen LogP contribution in [0.5, 0.6) is 11.5 Å². The van der Waals surface area contributed by atoms with Crippen molar-refractivity contribution >= 4 is 32.5 Å². The van der Waals surface area contributed by atoms with Gasteiger partial charge in [0, 0.05) is 10.8 Å². The van der Waals surface area contributed by atoms with Gasteiger partial charge in [0.25, 0.3) is 0 Å². The quantitative estimate of drug-likeness (QED) is 0.360. The molecule has 0 saturated carbocycles. The molecular formula is C18H14O3. The molecule has 4 rings (SSSR count). The molecule has 104 valence electrons. The van der Waals surface area contributed by atoms with Crippen molar-refractivity contribution in [2.45, 2.75) is 13.8 Å². The maximum Gasteiger partial charge on any atom is 0.169 e. The van der Waals surface area contributed by atoms with E-state index in [1.807, 2.05) is 44.2 Å². The molecule has 0 radical (unpaired) electrons. The Balaban J connectivity index is 2.38. The van der Waals surface area contributed by atoms with Crippen LogP contribution in [0.15, 0.2) is 41.0 Å². The molecule has 0 atom stereocenters. The van der Waals surface area contributed by atoms with Gasteiger partial charge in [-0.15, -0.1) is 0 Å². The van der Waals surface area contributed by atoms with E-state index in [2.05, 4.69) is 0 Å². The zero-order valence-electron chi connectivity index (χ0n) is 11.8. The van der Waals surface area contributed by atoms with Crippen LogP contribution in [0.1, 0.15) is 11.1 Å². The third-order valence-corrected chi connectivity index (χ3v) is 4.20. The van der Waals surface area contributed by atoms with Crippen LogP contribution in [0.2, 0.25) is 0 Å². The van der Waals surface area contributed by atoms with Gasteiger partial charge in [-0.25, -0.2) is 0 Å². The summed E-state index contributed by atoms with van der Waals surface area (Å²) >= 11 is 0. The van der Waals surface area contributed by atoms with Crippen molar-refractivity contribution in [3.8, 4) is 11.5 Å². The van der Waals surface area contributed by atoms with Gasteiger partial charge in [0.05, 0.1) is 11.6 Å². The summed E-state index contributed by atoms with van der Waals surface area (Å²) in [5.41, 5.74) is 2.55. The van der Waals surface area contributed by atoms with Crippen molar-refractivity contribution in [1.82, 2.24) is 0 Å². The van der Waals surface area contributed by atoms with Crippen molar-refractivity contribution in [2.75, 3.05) is 0 Å². The van der Waals surface area contributed by atoms with Crippen LogP contribution in [0.4, 0.5) is 0 Å². The molecule has 0 fully saturated rings. The predicted octanol–water partition coefficient (Wildman–Crippen LogP) is 4.77. The van der Waals surface area contributed by atoms with E-state index in [0.717, 1.165) is 27.3 Å². The lowest BCUT2D eigenvalue weighted by molar-refractivity contribution is 0.412. The molecule has 3 aromatic carbocycles. The van der Waals surface area contributed by atoms with Gasteiger partial charge < -0.3 is 14.6 Å². The fourth-order valence-corrected chi connectivity index (χ4v) is 3.13. The van der Waals surface area contributed by atoms with Gasteiger partial charge in [-0.1, -0.05) is 24.3 Å². The summed E-state index contributed by atoms with van der Waals surface area (Å²) in [6.45, 7) is 3.88. The Morgan fingerprint density at radius 2 is 1.48 bits per heavy atom. The van der Waals surface area contributed by atoms with Crippen LogP contribution in [-0.4, -0.2) is 10.2 Å². The van der Waals surface area contributed by atoms with E-state index in [1.165, 1.54) is 0 Å². The lowest BCUT2D eigenvalue weighted by Gasteiger charge is -2.10. The Labute approximate surface area is 121 Å². The van der Waals surface area contributed by atoms with Gasteiger partial charge in [0.15, 0.2) is 11.5 Å². The van der Waals surface area contributed by atoms with Gasteiger partial charge >= 0.3 is 0 Å². The SMILES string of the molecule is Cc1cccc2c1ccc1c3occ(C)c3c(O)c(O)c21.